The first-order chi connectivity index (χ1) is 18.6. The Labute approximate surface area is 221 Å². The fourth-order valence-electron chi connectivity index (χ4n) is 6.05. The molecule has 0 aliphatic carbocycles. The molecule has 3 nitrogen and oxygen atoms in total. The summed E-state index contributed by atoms with van der Waals surface area (Å²) >= 11 is 0. The summed E-state index contributed by atoms with van der Waals surface area (Å²) in [6.07, 6.45) is 4.06. The molecule has 0 amide bonds. The van der Waals surface area contributed by atoms with Crippen LogP contribution in [0.15, 0.2) is 102 Å². The Kier molecular flexibility index (Phi) is 5.29. The van der Waals surface area contributed by atoms with E-state index in [1.807, 2.05) is 49.6 Å². The van der Waals surface area contributed by atoms with Gasteiger partial charge in [-0.15, -0.1) is 0 Å². The van der Waals surface area contributed by atoms with Crippen LogP contribution in [0.2, 0.25) is 0 Å². The Morgan fingerprint density at radius 2 is 1.55 bits per heavy atom. The van der Waals surface area contributed by atoms with E-state index in [0.717, 1.165) is 69.5 Å². The third kappa shape index (κ3) is 3.44. The minimum Gasteiger partial charge on any atom is -0.454 e. The van der Waals surface area contributed by atoms with Crippen molar-refractivity contribution in [3.63, 3.8) is 0 Å². The van der Waals surface area contributed by atoms with Gasteiger partial charge in [-0.2, -0.15) is 0 Å². The van der Waals surface area contributed by atoms with E-state index >= 15 is 4.39 Å². The molecule has 0 fully saturated rings. The number of hydrogen-bond donors (Lipinski definition) is 0. The van der Waals surface area contributed by atoms with Gasteiger partial charge in [0.1, 0.15) is 24.0 Å². The third-order valence-electron chi connectivity index (χ3n) is 7.83. The second kappa shape index (κ2) is 8.84. The molecule has 0 N–H and O–H groups in total. The lowest BCUT2D eigenvalue weighted by Gasteiger charge is -2.33. The molecule has 7 rings (SSSR count). The molecule has 0 spiro atoms. The number of anilines is 2. The molecule has 6 aromatic rings. The van der Waals surface area contributed by atoms with Crippen LogP contribution in [0.5, 0.6) is 0 Å². The van der Waals surface area contributed by atoms with Crippen molar-refractivity contribution in [1.82, 2.24) is 0 Å². The molecule has 0 saturated heterocycles. The normalized spacial score (nSPS) is 13.3. The van der Waals surface area contributed by atoms with Gasteiger partial charge in [0.25, 0.3) is 0 Å². The Morgan fingerprint density at radius 1 is 0.789 bits per heavy atom. The number of para-hydroxylation sites is 2. The maximum Gasteiger partial charge on any atom is 0.216 e. The molecule has 2 aromatic heterocycles. The first-order valence-electron chi connectivity index (χ1n) is 13.2. The first-order valence-corrected chi connectivity index (χ1v) is 13.2. The Balaban J connectivity index is 1.54. The lowest BCUT2D eigenvalue weighted by Crippen LogP contribution is -2.30. The summed E-state index contributed by atoms with van der Waals surface area (Å²) in [4.78, 5) is 2.33. The zero-order valence-corrected chi connectivity index (χ0v) is 21.5. The van der Waals surface area contributed by atoms with E-state index < -0.39 is 0 Å². The number of fused-ring (bicyclic) bond motifs is 4. The zero-order valence-electron chi connectivity index (χ0n) is 21.5. The molecule has 0 unspecified atom stereocenters. The predicted octanol–water partition coefficient (Wildman–Crippen LogP) is 8.28. The van der Waals surface area contributed by atoms with E-state index in [9.17, 15) is 0 Å². The number of aromatic nitrogens is 1. The number of halogens is 1. The highest BCUT2D eigenvalue weighted by Crippen LogP contribution is 2.46. The van der Waals surface area contributed by atoms with Gasteiger partial charge < -0.3 is 9.32 Å². The maximum atomic E-state index is 15.9. The van der Waals surface area contributed by atoms with Crippen LogP contribution in [0.1, 0.15) is 17.5 Å². The summed E-state index contributed by atoms with van der Waals surface area (Å²) in [6.45, 7) is 2.99. The molecule has 4 aromatic carbocycles. The van der Waals surface area contributed by atoms with Gasteiger partial charge in [-0.05, 0) is 61.2 Å². The first kappa shape index (κ1) is 22.7. The molecular weight excluding hydrogens is 471 g/mol. The number of furan rings is 1. The molecule has 0 saturated carbocycles. The van der Waals surface area contributed by atoms with Crippen LogP contribution < -0.4 is 9.47 Å². The second-order valence-electron chi connectivity index (χ2n) is 10.1. The van der Waals surface area contributed by atoms with Gasteiger partial charge >= 0.3 is 0 Å². The summed E-state index contributed by atoms with van der Waals surface area (Å²) in [5.41, 5.74) is 9.42. The predicted molar refractivity (Wildman–Crippen MR) is 152 cm³/mol. The smallest absolute Gasteiger partial charge is 0.216 e. The van der Waals surface area contributed by atoms with E-state index in [4.69, 9.17) is 4.42 Å². The minimum absolute atomic E-state index is 0.271. The Morgan fingerprint density at radius 3 is 2.37 bits per heavy atom. The van der Waals surface area contributed by atoms with E-state index in [-0.39, 0.29) is 5.82 Å². The van der Waals surface area contributed by atoms with Crippen LogP contribution in [0.3, 0.4) is 0 Å². The van der Waals surface area contributed by atoms with Gasteiger partial charge in [0.15, 0.2) is 6.20 Å². The summed E-state index contributed by atoms with van der Waals surface area (Å²) in [5, 5.41) is 1.92. The molecule has 1 aliphatic rings. The summed E-state index contributed by atoms with van der Waals surface area (Å²) < 4.78 is 24.7. The van der Waals surface area contributed by atoms with Crippen molar-refractivity contribution in [2.24, 2.45) is 7.05 Å². The van der Waals surface area contributed by atoms with Gasteiger partial charge in [-0.3, -0.25) is 0 Å². The highest BCUT2D eigenvalue weighted by atomic mass is 19.1. The number of rotatable bonds is 3. The summed E-state index contributed by atoms with van der Waals surface area (Å²) in [7, 11) is 2.04. The molecule has 3 heterocycles. The van der Waals surface area contributed by atoms with E-state index in [1.54, 1.807) is 6.07 Å². The Hall–Kier alpha value is -4.44. The van der Waals surface area contributed by atoms with Crippen LogP contribution >= 0.6 is 0 Å². The van der Waals surface area contributed by atoms with E-state index in [1.165, 1.54) is 5.56 Å². The molecule has 4 heteroatoms. The van der Waals surface area contributed by atoms with Crippen molar-refractivity contribution < 1.29 is 13.4 Å². The molecule has 1 aliphatic heterocycles. The zero-order chi connectivity index (χ0) is 25.8. The fourth-order valence-corrected chi connectivity index (χ4v) is 6.05. The monoisotopic (exact) mass is 499 g/mol. The van der Waals surface area contributed by atoms with Crippen molar-refractivity contribution in [2.45, 2.75) is 19.8 Å². The van der Waals surface area contributed by atoms with E-state index in [2.05, 4.69) is 64.9 Å². The van der Waals surface area contributed by atoms with Crippen molar-refractivity contribution in [3.8, 4) is 22.4 Å². The van der Waals surface area contributed by atoms with Gasteiger partial charge in [0, 0.05) is 40.7 Å². The Bertz CT molecular complexity index is 1840. The van der Waals surface area contributed by atoms with Crippen molar-refractivity contribution in [2.75, 3.05) is 11.4 Å². The van der Waals surface area contributed by atoms with Crippen molar-refractivity contribution in [3.05, 3.63) is 114 Å². The molecule has 0 bridgehead atoms. The average Bonchev–Trinajstić information content (AvgIpc) is 3.32. The van der Waals surface area contributed by atoms with E-state index in [0.29, 0.717) is 11.1 Å². The topological polar surface area (TPSA) is 20.3 Å². The van der Waals surface area contributed by atoms with Gasteiger partial charge in [-0.1, -0.05) is 48.5 Å². The quantitative estimate of drug-likeness (QED) is 0.228. The molecule has 0 atom stereocenters. The van der Waals surface area contributed by atoms with Crippen LogP contribution in [0, 0.1) is 12.7 Å². The SMILES string of the molecule is Cc1ccc2c(oc3c(-c4cccc5c4N(c4ccccc4)CCC5)c(F)ccc32)c1-c1cccc[n+]1C. The van der Waals surface area contributed by atoms with Crippen molar-refractivity contribution >= 4 is 33.3 Å². The minimum atomic E-state index is -0.271. The molecule has 186 valence electrons. The van der Waals surface area contributed by atoms with Crippen LogP contribution in [-0.2, 0) is 13.5 Å². The van der Waals surface area contributed by atoms with Gasteiger partial charge in [0.2, 0.25) is 5.69 Å². The molecular formula is C34H28FN2O+. The van der Waals surface area contributed by atoms with Crippen LogP contribution in [0.4, 0.5) is 15.8 Å². The largest absolute Gasteiger partial charge is 0.454 e. The van der Waals surface area contributed by atoms with Crippen LogP contribution in [0.25, 0.3) is 44.3 Å². The van der Waals surface area contributed by atoms with Gasteiger partial charge in [-0.25, -0.2) is 8.96 Å². The number of benzene rings is 4. The highest BCUT2D eigenvalue weighted by molar-refractivity contribution is 6.14. The highest BCUT2D eigenvalue weighted by Gasteiger charge is 2.27. The number of pyridine rings is 1. The second-order valence-corrected chi connectivity index (χ2v) is 10.1. The molecule has 38 heavy (non-hydrogen) atoms. The fraction of sp³-hybridized carbons (Fsp3) is 0.147. The number of hydrogen-bond acceptors (Lipinski definition) is 2. The summed E-state index contributed by atoms with van der Waals surface area (Å²) in [6, 6.07) is 30.5. The molecule has 0 radical (unpaired) electrons. The average molecular weight is 500 g/mol. The third-order valence-corrected chi connectivity index (χ3v) is 7.83. The maximum absolute atomic E-state index is 15.9. The summed E-state index contributed by atoms with van der Waals surface area (Å²) in [5.74, 6) is -0.271. The van der Waals surface area contributed by atoms with Gasteiger partial charge in [0.05, 0.1) is 16.8 Å². The number of nitrogens with zero attached hydrogens (tertiary/aromatic N) is 2. The van der Waals surface area contributed by atoms with Crippen molar-refractivity contribution in [1.29, 1.82) is 0 Å². The number of aryl methyl sites for hydroxylation is 3. The standard InChI is InChI=1S/C34H28FN2O/c1-22-16-17-25-26-18-19-28(35)31(34(26)38-33(25)30(22)29-15-6-7-20-36(29)2)27-14-8-10-23-11-9-21-37(32(23)27)24-12-4-3-5-13-24/h3-8,10,12-20H,9,11,21H2,1-2H3/q+1. The lowest BCUT2D eigenvalue weighted by molar-refractivity contribution is -0.660. The van der Waals surface area contributed by atoms with Crippen LogP contribution in [-0.4, -0.2) is 6.54 Å². The lowest BCUT2D eigenvalue weighted by atomic mass is 9.92.